The lowest BCUT2D eigenvalue weighted by Crippen LogP contribution is -2.26. The van der Waals surface area contributed by atoms with E-state index < -0.39 is 19.1 Å². The van der Waals surface area contributed by atoms with Crippen molar-refractivity contribution < 1.29 is 19.2 Å². The number of benzene rings is 4. The molecular formula is C37H43N2O4P. The highest BCUT2D eigenvalue weighted by Crippen LogP contribution is 2.71. The number of rotatable bonds is 6. The van der Waals surface area contributed by atoms with E-state index in [1.54, 1.807) is 12.1 Å². The van der Waals surface area contributed by atoms with Crippen LogP contribution in [0.1, 0.15) is 76.4 Å². The monoisotopic (exact) mass is 610 g/mol. The predicted molar refractivity (Wildman–Crippen MR) is 180 cm³/mol. The Morgan fingerprint density at radius 3 is 1.55 bits per heavy atom. The first kappa shape index (κ1) is 31.4. The summed E-state index contributed by atoms with van der Waals surface area (Å²) in [5.74, 6) is 0.315. The molecule has 1 N–H and O–H groups in total. The molecule has 1 saturated heterocycles. The Hall–Kier alpha value is -4.02. The average Bonchev–Trinajstić information content (AvgIpc) is 3.31. The molecule has 1 heterocycles. The zero-order chi connectivity index (χ0) is 31.9. The van der Waals surface area contributed by atoms with Crippen LogP contribution in [0.3, 0.4) is 0 Å². The van der Waals surface area contributed by atoms with Gasteiger partial charge in [-0.05, 0) is 69.5 Å². The summed E-state index contributed by atoms with van der Waals surface area (Å²) >= 11 is 0. The predicted octanol–water partition coefficient (Wildman–Crippen LogP) is 9.22. The van der Waals surface area contributed by atoms with E-state index in [1.807, 2.05) is 84.9 Å². The number of aromatic hydroxyl groups is 1. The summed E-state index contributed by atoms with van der Waals surface area (Å²) in [6.07, 6.45) is 0. The van der Waals surface area contributed by atoms with E-state index in [1.165, 1.54) is 6.92 Å². The van der Waals surface area contributed by atoms with Gasteiger partial charge in [0.1, 0.15) is 11.5 Å². The van der Waals surface area contributed by atoms with Crippen molar-refractivity contribution in [3.05, 3.63) is 119 Å². The highest BCUT2D eigenvalue weighted by atomic mass is 31.2. The fourth-order valence-electron chi connectivity index (χ4n) is 6.10. The molecule has 7 heteroatoms. The number of anilines is 2. The van der Waals surface area contributed by atoms with Crippen molar-refractivity contribution >= 4 is 24.8 Å². The normalized spacial score (nSPS) is 15.7. The minimum absolute atomic E-state index is 0.280. The van der Waals surface area contributed by atoms with Gasteiger partial charge in [-0.1, -0.05) is 102 Å². The molecule has 1 fully saturated rings. The van der Waals surface area contributed by atoms with E-state index in [0.29, 0.717) is 18.8 Å². The van der Waals surface area contributed by atoms with Gasteiger partial charge in [-0.3, -0.25) is 9.36 Å². The first-order valence-electron chi connectivity index (χ1n) is 15.1. The van der Waals surface area contributed by atoms with Crippen LogP contribution >= 0.6 is 7.44 Å². The van der Waals surface area contributed by atoms with Gasteiger partial charge in [-0.15, -0.1) is 0 Å². The lowest BCUT2D eigenvalue weighted by atomic mass is 9.78. The van der Waals surface area contributed by atoms with Gasteiger partial charge in [0.2, 0.25) is 0 Å². The fraction of sp³-hybridized carbons (Fsp3) is 0.324. The van der Waals surface area contributed by atoms with Gasteiger partial charge in [-0.2, -0.15) is 0 Å². The van der Waals surface area contributed by atoms with E-state index in [-0.39, 0.29) is 16.6 Å². The molecule has 0 aliphatic carbocycles. The number of phenolic OH excluding ortho intramolecular Hbond substituents is 1. The van der Waals surface area contributed by atoms with Crippen LogP contribution in [-0.2, 0) is 20.2 Å². The average molecular weight is 611 g/mol. The summed E-state index contributed by atoms with van der Waals surface area (Å²) in [5.41, 5.74) is 3.76. The molecule has 5 rings (SSSR count). The Kier molecular flexibility index (Phi) is 8.43. The summed E-state index contributed by atoms with van der Waals surface area (Å²) in [5, 5.41) is 11.6. The SMILES string of the molecule is CC(=O)Oc1ccc(C(c2cc(C(C)(C)C)c(O)c(C(C)(C)C)c2)P2(=O)N(c3ccccc3)CCN2c2ccccc2)cc1. The van der Waals surface area contributed by atoms with E-state index in [4.69, 9.17) is 4.74 Å². The Bertz CT molecular complexity index is 1590. The molecule has 0 saturated carbocycles. The second-order valence-corrected chi connectivity index (χ2v) is 16.2. The Labute approximate surface area is 261 Å². The van der Waals surface area contributed by atoms with Crippen molar-refractivity contribution in [2.45, 2.75) is 65.0 Å². The highest BCUT2D eigenvalue weighted by Gasteiger charge is 2.51. The summed E-state index contributed by atoms with van der Waals surface area (Å²) < 4.78 is 25.9. The molecule has 1 aliphatic rings. The molecule has 230 valence electrons. The summed E-state index contributed by atoms with van der Waals surface area (Å²) in [7, 11) is -3.51. The molecule has 0 radical (unpaired) electrons. The van der Waals surface area contributed by atoms with Crippen LogP contribution < -0.4 is 14.1 Å². The molecule has 6 nitrogen and oxygen atoms in total. The van der Waals surface area contributed by atoms with Gasteiger partial charge in [0.15, 0.2) is 0 Å². The topological polar surface area (TPSA) is 70.1 Å². The third-order valence-corrected chi connectivity index (χ3v) is 11.7. The van der Waals surface area contributed by atoms with Gasteiger partial charge < -0.3 is 19.2 Å². The molecular weight excluding hydrogens is 567 g/mol. The zero-order valence-corrected chi connectivity index (χ0v) is 27.6. The van der Waals surface area contributed by atoms with Crippen molar-refractivity contribution in [3.63, 3.8) is 0 Å². The van der Waals surface area contributed by atoms with Gasteiger partial charge in [0.25, 0.3) is 7.44 Å². The van der Waals surface area contributed by atoms with Crippen LogP contribution in [0.25, 0.3) is 0 Å². The number of hydrogen-bond acceptors (Lipinski definition) is 4. The van der Waals surface area contributed by atoms with Crippen molar-refractivity contribution in [1.82, 2.24) is 0 Å². The maximum atomic E-state index is 16.4. The van der Waals surface area contributed by atoms with Gasteiger partial charge >= 0.3 is 5.97 Å². The van der Waals surface area contributed by atoms with Crippen molar-refractivity contribution in [2.75, 3.05) is 22.4 Å². The second-order valence-electron chi connectivity index (χ2n) is 13.5. The molecule has 0 spiro atoms. The zero-order valence-electron chi connectivity index (χ0n) is 26.7. The van der Waals surface area contributed by atoms with Gasteiger partial charge in [0, 0.05) is 31.4 Å². The molecule has 0 bridgehead atoms. The Morgan fingerprint density at radius 1 is 0.727 bits per heavy atom. The minimum Gasteiger partial charge on any atom is -0.507 e. The second kappa shape index (κ2) is 11.8. The molecule has 1 atom stereocenters. The Balaban J connectivity index is 1.84. The van der Waals surface area contributed by atoms with E-state index in [2.05, 4.69) is 50.9 Å². The van der Waals surface area contributed by atoms with Crippen LogP contribution in [0.2, 0.25) is 0 Å². The molecule has 4 aromatic carbocycles. The van der Waals surface area contributed by atoms with E-state index >= 15 is 4.57 Å². The number of nitrogens with zero attached hydrogens (tertiary/aromatic N) is 2. The quantitative estimate of drug-likeness (QED) is 0.133. The third-order valence-electron chi connectivity index (χ3n) is 8.18. The van der Waals surface area contributed by atoms with E-state index in [9.17, 15) is 9.90 Å². The maximum absolute atomic E-state index is 16.4. The van der Waals surface area contributed by atoms with Crippen molar-refractivity contribution in [2.24, 2.45) is 0 Å². The number of carbonyl (C=O) groups excluding carboxylic acids is 1. The minimum atomic E-state index is -3.51. The van der Waals surface area contributed by atoms with Crippen molar-refractivity contribution in [3.8, 4) is 11.5 Å². The van der Waals surface area contributed by atoms with Crippen LogP contribution in [0, 0.1) is 0 Å². The number of hydrogen-bond donors (Lipinski definition) is 1. The number of esters is 1. The standard InChI is InChI=1S/C37H43N2O4P/c1-26(40)43-31-20-18-27(19-21-31)35(28-24-32(36(2,3)4)34(41)33(25-28)37(5,6)7)44(42)38(29-14-10-8-11-15-29)22-23-39(44)30-16-12-9-13-17-30/h8-21,24-25,35,41H,22-23H2,1-7H3. The Morgan fingerprint density at radius 2 is 1.16 bits per heavy atom. The number of phenols is 1. The summed E-state index contributed by atoms with van der Waals surface area (Å²) in [6, 6.07) is 31.3. The molecule has 44 heavy (non-hydrogen) atoms. The van der Waals surface area contributed by atoms with Gasteiger partial charge in [0.05, 0.1) is 5.66 Å². The molecule has 4 aromatic rings. The summed E-state index contributed by atoms with van der Waals surface area (Å²) in [6.45, 7) is 15.1. The fourth-order valence-corrected chi connectivity index (χ4v) is 9.69. The first-order chi connectivity index (χ1) is 20.7. The molecule has 0 amide bonds. The lowest BCUT2D eigenvalue weighted by molar-refractivity contribution is -0.131. The number of para-hydroxylation sites is 2. The highest BCUT2D eigenvalue weighted by molar-refractivity contribution is 7.68. The lowest BCUT2D eigenvalue weighted by Gasteiger charge is -2.39. The van der Waals surface area contributed by atoms with Crippen LogP contribution in [-0.4, -0.2) is 24.2 Å². The number of ether oxygens (including phenoxy) is 1. The molecule has 1 unspecified atom stereocenters. The van der Waals surface area contributed by atoms with Crippen LogP contribution in [0.5, 0.6) is 11.5 Å². The first-order valence-corrected chi connectivity index (χ1v) is 16.8. The largest absolute Gasteiger partial charge is 0.507 e. The van der Waals surface area contributed by atoms with E-state index in [0.717, 1.165) is 33.6 Å². The van der Waals surface area contributed by atoms with Crippen molar-refractivity contribution in [1.29, 1.82) is 0 Å². The maximum Gasteiger partial charge on any atom is 0.308 e. The van der Waals surface area contributed by atoms with Crippen LogP contribution in [0.4, 0.5) is 11.4 Å². The third kappa shape index (κ3) is 6.01. The smallest absolute Gasteiger partial charge is 0.308 e. The van der Waals surface area contributed by atoms with Crippen LogP contribution in [0.15, 0.2) is 97.1 Å². The molecule has 0 aromatic heterocycles. The summed E-state index contributed by atoms with van der Waals surface area (Å²) in [4.78, 5) is 11.7. The molecule has 1 aliphatic heterocycles. The number of carbonyl (C=O) groups is 1. The van der Waals surface area contributed by atoms with Gasteiger partial charge in [-0.25, -0.2) is 0 Å².